The number of oxazole rings is 1. The summed E-state index contributed by atoms with van der Waals surface area (Å²) in [6, 6.07) is 18.6. The fourth-order valence-corrected chi connectivity index (χ4v) is 3.58. The van der Waals surface area contributed by atoms with E-state index in [9.17, 15) is 9.59 Å². The van der Waals surface area contributed by atoms with Crippen molar-refractivity contribution in [3.8, 4) is 11.5 Å². The van der Waals surface area contributed by atoms with Crippen LogP contribution < -0.4 is 10.6 Å². The van der Waals surface area contributed by atoms with Gasteiger partial charge in [0.1, 0.15) is 23.0 Å². The van der Waals surface area contributed by atoms with E-state index in [2.05, 4.69) is 15.6 Å². The molecule has 2 amide bonds. The van der Waals surface area contributed by atoms with Gasteiger partial charge >= 0.3 is 0 Å². The molecule has 0 atom stereocenters. The third-order valence-electron chi connectivity index (χ3n) is 5.23. The van der Waals surface area contributed by atoms with Crippen LogP contribution in [0.5, 0.6) is 0 Å². The minimum Gasteiger partial charge on any atom is -0.466 e. The molecule has 7 nitrogen and oxygen atoms in total. The van der Waals surface area contributed by atoms with Crippen LogP contribution >= 0.6 is 0 Å². The SMILES string of the molecule is Cc1cc(C(=O)NCc2nc(-c3ccccc3NC(=O)Cc3ccccc3)oc2C)c(C)o1. The monoisotopic (exact) mass is 443 g/mol. The predicted octanol–water partition coefficient (Wildman–Crippen LogP) is 4.97. The van der Waals surface area contributed by atoms with Crippen LogP contribution in [0.4, 0.5) is 5.69 Å². The maximum absolute atomic E-state index is 12.6. The van der Waals surface area contributed by atoms with Crippen molar-refractivity contribution >= 4 is 17.5 Å². The molecule has 2 aromatic carbocycles. The number of amides is 2. The highest BCUT2D eigenvalue weighted by atomic mass is 16.4. The number of hydrogen-bond acceptors (Lipinski definition) is 5. The van der Waals surface area contributed by atoms with Crippen molar-refractivity contribution in [3.63, 3.8) is 0 Å². The van der Waals surface area contributed by atoms with Crippen molar-refractivity contribution in [2.24, 2.45) is 0 Å². The lowest BCUT2D eigenvalue weighted by Crippen LogP contribution is -2.23. The average molecular weight is 444 g/mol. The number of nitrogens with zero attached hydrogens (tertiary/aromatic N) is 1. The number of aryl methyl sites for hydroxylation is 3. The minimum absolute atomic E-state index is 0.129. The zero-order chi connectivity index (χ0) is 23.4. The van der Waals surface area contributed by atoms with E-state index in [-0.39, 0.29) is 24.8 Å². The summed E-state index contributed by atoms with van der Waals surface area (Å²) >= 11 is 0. The Kier molecular flexibility index (Phi) is 6.40. The topological polar surface area (TPSA) is 97.4 Å². The van der Waals surface area contributed by atoms with Gasteiger partial charge in [0.2, 0.25) is 11.8 Å². The smallest absolute Gasteiger partial charge is 0.255 e. The zero-order valence-electron chi connectivity index (χ0n) is 18.8. The van der Waals surface area contributed by atoms with Gasteiger partial charge in [-0.3, -0.25) is 9.59 Å². The molecule has 0 spiro atoms. The Bertz CT molecular complexity index is 1290. The first-order chi connectivity index (χ1) is 15.9. The lowest BCUT2D eigenvalue weighted by atomic mass is 10.1. The molecule has 4 rings (SSSR count). The maximum atomic E-state index is 12.6. The molecule has 0 aliphatic heterocycles. The average Bonchev–Trinajstić information content (AvgIpc) is 3.33. The van der Waals surface area contributed by atoms with E-state index in [0.29, 0.717) is 45.7 Å². The normalized spacial score (nSPS) is 10.8. The van der Waals surface area contributed by atoms with Crippen molar-refractivity contribution < 1.29 is 18.4 Å². The Morgan fingerprint density at radius 1 is 0.909 bits per heavy atom. The number of para-hydroxylation sites is 1. The lowest BCUT2D eigenvalue weighted by molar-refractivity contribution is -0.115. The van der Waals surface area contributed by atoms with Crippen LogP contribution in [0, 0.1) is 20.8 Å². The molecule has 2 heterocycles. The first-order valence-corrected chi connectivity index (χ1v) is 10.7. The molecule has 0 saturated heterocycles. The number of nitrogens with one attached hydrogen (secondary N) is 2. The molecule has 7 heteroatoms. The number of rotatable bonds is 7. The van der Waals surface area contributed by atoms with Gasteiger partial charge in [-0.1, -0.05) is 42.5 Å². The summed E-state index contributed by atoms with van der Waals surface area (Å²) in [7, 11) is 0. The molecule has 4 aromatic rings. The third-order valence-corrected chi connectivity index (χ3v) is 5.23. The highest BCUT2D eigenvalue weighted by molar-refractivity contribution is 5.96. The van der Waals surface area contributed by atoms with E-state index in [1.54, 1.807) is 26.8 Å². The van der Waals surface area contributed by atoms with Crippen LogP contribution in [0.2, 0.25) is 0 Å². The van der Waals surface area contributed by atoms with Gasteiger partial charge in [0.25, 0.3) is 5.91 Å². The molecule has 0 aliphatic rings. The highest BCUT2D eigenvalue weighted by Crippen LogP contribution is 2.29. The van der Waals surface area contributed by atoms with Crippen molar-refractivity contribution in [3.05, 3.63) is 94.8 Å². The van der Waals surface area contributed by atoms with E-state index in [1.165, 1.54) is 0 Å². The molecule has 0 saturated carbocycles. The highest BCUT2D eigenvalue weighted by Gasteiger charge is 2.18. The molecular weight excluding hydrogens is 418 g/mol. The van der Waals surface area contributed by atoms with E-state index >= 15 is 0 Å². The number of benzene rings is 2. The summed E-state index contributed by atoms with van der Waals surface area (Å²) < 4.78 is 11.3. The van der Waals surface area contributed by atoms with Gasteiger partial charge in [-0.15, -0.1) is 0 Å². The van der Waals surface area contributed by atoms with Crippen molar-refractivity contribution in [1.29, 1.82) is 0 Å². The molecule has 0 aliphatic carbocycles. The quantitative estimate of drug-likeness (QED) is 0.420. The fourth-order valence-electron chi connectivity index (χ4n) is 3.58. The summed E-state index contributed by atoms with van der Waals surface area (Å²) in [4.78, 5) is 29.6. The van der Waals surface area contributed by atoms with Crippen LogP contribution in [-0.4, -0.2) is 16.8 Å². The number of anilines is 1. The molecule has 0 unspecified atom stereocenters. The standard InChI is InChI=1S/C26H25N3O4/c1-16-13-21(17(2)32-16)25(31)27-15-23-18(3)33-26(29-23)20-11-7-8-12-22(20)28-24(30)14-19-9-5-4-6-10-19/h4-13H,14-15H2,1-3H3,(H,27,31)(H,28,30). The van der Waals surface area contributed by atoms with Gasteiger partial charge in [-0.05, 0) is 44.5 Å². The van der Waals surface area contributed by atoms with Crippen LogP contribution in [0.15, 0.2) is 69.5 Å². The lowest BCUT2D eigenvalue weighted by Gasteiger charge is -2.09. The van der Waals surface area contributed by atoms with Crippen LogP contribution in [0.25, 0.3) is 11.5 Å². The summed E-state index contributed by atoms with van der Waals surface area (Å²) in [5, 5.41) is 5.81. The fraction of sp³-hybridized carbons (Fsp3) is 0.192. The molecule has 33 heavy (non-hydrogen) atoms. The Morgan fingerprint density at radius 3 is 2.36 bits per heavy atom. The predicted molar refractivity (Wildman–Crippen MR) is 125 cm³/mol. The number of carbonyl (C=O) groups excluding carboxylic acids is 2. The number of hydrogen-bond donors (Lipinski definition) is 2. The zero-order valence-corrected chi connectivity index (χ0v) is 18.8. The summed E-state index contributed by atoms with van der Waals surface area (Å²) in [5.74, 6) is 1.86. The van der Waals surface area contributed by atoms with Crippen molar-refractivity contribution in [2.75, 3.05) is 5.32 Å². The number of carbonyl (C=O) groups is 2. The Morgan fingerprint density at radius 2 is 1.64 bits per heavy atom. The van der Waals surface area contributed by atoms with Crippen LogP contribution in [0.3, 0.4) is 0 Å². The van der Waals surface area contributed by atoms with E-state index < -0.39 is 0 Å². The molecule has 168 valence electrons. The van der Waals surface area contributed by atoms with Gasteiger partial charge in [0, 0.05) is 0 Å². The van der Waals surface area contributed by atoms with Gasteiger partial charge in [-0.25, -0.2) is 4.98 Å². The molecule has 0 bridgehead atoms. The second kappa shape index (κ2) is 9.56. The second-order valence-electron chi connectivity index (χ2n) is 7.79. The van der Waals surface area contributed by atoms with Crippen LogP contribution in [0.1, 0.15) is 38.9 Å². The minimum atomic E-state index is -0.234. The largest absolute Gasteiger partial charge is 0.466 e. The number of aromatic nitrogens is 1. The molecule has 2 aromatic heterocycles. The molecular formula is C26H25N3O4. The van der Waals surface area contributed by atoms with E-state index in [1.807, 2.05) is 54.6 Å². The Hall–Kier alpha value is -4.13. The third kappa shape index (κ3) is 5.20. The van der Waals surface area contributed by atoms with E-state index in [0.717, 1.165) is 5.56 Å². The first kappa shape index (κ1) is 22.1. The van der Waals surface area contributed by atoms with Crippen LogP contribution in [-0.2, 0) is 17.8 Å². The van der Waals surface area contributed by atoms with Gasteiger partial charge < -0.3 is 19.5 Å². The molecule has 2 N–H and O–H groups in total. The maximum Gasteiger partial charge on any atom is 0.255 e. The summed E-state index contributed by atoms with van der Waals surface area (Å²) in [6.45, 7) is 5.56. The van der Waals surface area contributed by atoms with E-state index in [4.69, 9.17) is 8.83 Å². The number of furan rings is 1. The Balaban J connectivity index is 1.48. The summed E-state index contributed by atoms with van der Waals surface area (Å²) in [6.07, 6.45) is 0.268. The van der Waals surface area contributed by atoms with Gasteiger partial charge in [-0.2, -0.15) is 0 Å². The first-order valence-electron chi connectivity index (χ1n) is 10.7. The molecule has 0 radical (unpaired) electrons. The van der Waals surface area contributed by atoms with Crippen molar-refractivity contribution in [1.82, 2.24) is 10.3 Å². The second-order valence-corrected chi connectivity index (χ2v) is 7.79. The summed E-state index contributed by atoms with van der Waals surface area (Å²) in [5.41, 5.74) is 3.32. The van der Waals surface area contributed by atoms with Gasteiger partial charge in [0.05, 0.1) is 29.8 Å². The Labute approximate surface area is 191 Å². The molecule has 0 fully saturated rings. The van der Waals surface area contributed by atoms with Crippen molar-refractivity contribution in [2.45, 2.75) is 33.7 Å². The van der Waals surface area contributed by atoms with Gasteiger partial charge in [0.15, 0.2) is 0 Å².